The van der Waals surface area contributed by atoms with Crippen LogP contribution in [0.3, 0.4) is 0 Å². The first-order valence-electron chi connectivity index (χ1n) is 8.47. The third-order valence-electron chi connectivity index (χ3n) is 4.08. The van der Waals surface area contributed by atoms with Gasteiger partial charge in [-0.2, -0.15) is 0 Å². The number of ether oxygens (including phenoxy) is 2. The number of para-hydroxylation sites is 1. The number of fused-ring (bicyclic) bond motifs is 1. The summed E-state index contributed by atoms with van der Waals surface area (Å²) in [5.74, 6) is 0.158. The Morgan fingerprint density at radius 2 is 1.72 bits per heavy atom. The van der Waals surface area contributed by atoms with Crippen LogP contribution in [-0.4, -0.2) is 5.97 Å². The van der Waals surface area contributed by atoms with Crippen molar-refractivity contribution in [3.63, 3.8) is 0 Å². The Bertz CT molecular complexity index is 1280. The predicted octanol–water partition coefficient (Wildman–Crippen LogP) is 6.22. The topological polar surface area (TPSA) is 65.7 Å². The zero-order chi connectivity index (χ0) is 20.4. The molecule has 0 N–H and O–H groups in total. The molecule has 0 atom stereocenters. The lowest BCUT2D eigenvalue weighted by Gasteiger charge is -2.08. The number of rotatable bonds is 4. The number of esters is 1. The molecule has 0 saturated heterocycles. The molecule has 0 aliphatic heterocycles. The van der Waals surface area contributed by atoms with Gasteiger partial charge in [0.25, 0.3) is 0 Å². The molecule has 4 rings (SSSR count). The van der Waals surface area contributed by atoms with Crippen molar-refractivity contribution in [3.05, 3.63) is 98.3 Å². The molecule has 4 aromatic rings. The molecule has 0 bridgehead atoms. The van der Waals surface area contributed by atoms with Crippen LogP contribution in [0.25, 0.3) is 11.0 Å². The van der Waals surface area contributed by atoms with Gasteiger partial charge >= 0.3 is 5.97 Å². The molecule has 144 valence electrons. The molecule has 0 spiro atoms. The summed E-state index contributed by atoms with van der Waals surface area (Å²) in [6.45, 7) is 0. The Hall–Kier alpha value is -3.09. The quantitative estimate of drug-likeness (QED) is 0.261. The van der Waals surface area contributed by atoms with E-state index in [9.17, 15) is 9.59 Å². The average molecular weight is 472 g/mol. The van der Waals surface area contributed by atoms with Crippen molar-refractivity contribution in [1.29, 1.82) is 0 Å². The SMILES string of the molecule is O=C(Oc1ccc2c(=O)c(Oc3ccccc3Br)coc2c1)c1ccccc1Cl. The van der Waals surface area contributed by atoms with Crippen molar-refractivity contribution in [2.45, 2.75) is 0 Å². The van der Waals surface area contributed by atoms with Gasteiger partial charge in [0, 0.05) is 6.07 Å². The van der Waals surface area contributed by atoms with Crippen molar-refractivity contribution < 1.29 is 18.7 Å². The molecule has 0 radical (unpaired) electrons. The minimum Gasteiger partial charge on any atom is -0.460 e. The zero-order valence-corrected chi connectivity index (χ0v) is 17.1. The Kier molecular flexibility index (Phi) is 5.38. The van der Waals surface area contributed by atoms with Crippen molar-refractivity contribution in [2.75, 3.05) is 0 Å². The molecule has 5 nitrogen and oxygen atoms in total. The van der Waals surface area contributed by atoms with Crippen LogP contribution in [0.2, 0.25) is 5.02 Å². The molecule has 0 saturated carbocycles. The monoisotopic (exact) mass is 470 g/mol. The highest BCUT2D eigenvalue weighted by molar-refractivity contribution is 9.10. The van der Waals surface area contributed by atoms with E-state index in [-0.39, 0.29) is 28.1 Å². The van der Waals surface area contributed by atoms with Crippen molar-refractivity contribution in [2.24, 2.45) is 0 Å². The highest BCUT2D eigenvalue weighted by Gasteiger charge is 2.15. The number of carbonyl (C=O) groups is 1. The first-order chi connectivity index (χ1) is 14.0. The molecule has 7 heteroatoms. The molecular formula is C22H12BrClO5. The minimum atomic E-state index is -0.605. The number of hydrogen-bond donors (Lipinski definition) is 0. The van der Waals surface area contributed by atoms with E-state index in [0.29, 0.717) is 20.6 Å². The lowest BCUT2D eigenvalue weighted by Crippen LogP contribution is -2.09. The zero-order valence-electron chi connectivity index (χ0n) is 14.7. The lowest BCUT2D eigenvalue weighted by atomic mass is 10.2. The van der Waals surface area contributed by atoms with E-state index >= 15 is 0 Å². The summed E-state index contributed by atoms with van der Waals surface area (Å²) in [6.07, 6.45) is 1.23. The second kappa shape index (κ2) is 8.11. The van der Waals surface area contributed by atoms with Crippen LogP contribution in [0.15, 0.2) is 86.7 Å². The van der Waals surface area contributed by atoms with E-state index in [4.69, 9.17) is 25.5 Å². The molecule has 1 aromatic heterocycles. The molecule has 1 heterocycles. The molecule has 29 heavy (non-hydrogen) atoms. The third kappa shape index (κ3) is 4.04. The Balaban J connectivity index is 1.62. The normalized spacial score (nSPS) is 10.7. The standard InChI is InChI=1S/C22H12BrClO5/c23-16-6-2-4-8-18(16)29-20-12-27-19-11-13(9-10-15(19)21(20)25)28-22(26)14-5-1-3-7-17(14)24/h1-12H. The number of carbonyl (C=O) groups excluding carboxylic acids is 1. The maximum Gasteiger partial charge on any atom is 0.345 e. The fraction of sp³-hybridized carbons (Fsp3) is 0. The molecule has 0 aliphatic rings. The molecule has 0 amide bonds. The second-order valence-corrected chi connectivity index (χ2v) is 7.25. The largest absolute Gasteiger partial charge is 0.460 e. The Labute approximate surface area is 178 Å². The number of hydrogen-bond acceptors (Lipinski definition) is 5. The van der Waals surface area contributed by atoms with E-state index in [1.54, 1.807) is 42.5 Å². The molecule has 0 fully saturated rings. The van der Waals surface area contributed by atoms with Gasteiger partial charge in [-0.1, -0.05) is 35.9 Å². The van der Waals surface area contributed by atoms with Gasteiger partial charge in [0.2, 0.25) is 11.2 Å². The number of halogens is 2. The van der Waals surface area contributed by atoms with Crippen LogP contribution in [0.4, 0.5) is 0 Å². The van der Waals surface area contributed by atoms with Gasteiger partial charge in [0.15, 0.2) is 0 Å². The summed E-state index contributed by atoms with van der Waals surface area (Å²) in [6, 6.07) is 18.2. The average Bonchev–Trinajstić information content (AvgIpc) is 2.72. The summed E-state index contributed by atoms with van der Waals surface area (Å²) in [4.78, 5) is 25.0. The third-order valence-corrected chi connectivity index (χ3v) is 5.06. The summed E-state index contributed by atoms with van der Waals surface area (Å²) in [7, 11) is 0. The predicted molar refractivity (Wildman–Crippen MR) is 113 cm³/mol. The van der Waals surface area contributed by atoms with Crippen LogP contribution in [-0.2, 0) is 0 Å². The maximum atomic E-state index is 12.7. The highest BCUT2D eigenvalue weighted by atomic mass is 79.9. The molecule has 0 aliphatic carbocycles. The van der Waals surface area contributed by atoms with E-state index in [1.165, 1.54) is 24.5 Å². The first kappa shape index (κ1) is 19.2. The van der Waals surface area contributed by atoms with Crippen molar-refractivity contribution in [3.8, 4) is 17.2 Å². The van der Waals surface area contributed by atoms with Gasteiger partial charge in [-0.15, -0.1) is 0 Å². The molecule has 3 aromatic carbocycles. The molecular weight excluding hydrogens is 460 g/mol. The van der Waals surface area contributed by atoms with E-state index < -0.39 is 5.97 Å². The van der Waals surface area contributed by atoms with Gasteiger partial charge < -0.3 is 13.9 Å². The van der Waals surface area contributed by atoms with Crippen LogP contribution in [0.5, 0.6) is 17.2 Å². The fourth-order valence-electron chi connectivity index (χ4n) is 2.66. The van der Waals surface area contributed by atoms with Gasteiger partial charge in [-0.3, -0.25) is 4.79 Å². The van der Waals surface area contributed by atoms with Gasteiger partial charge in [-0.25, -0.2) is 4.79 Å². The number of benzene rings is 3. The van der Waals surface area contributed by atoms with Gasteiger partial charge in [0.1, 0.15) is 23.3 Å². The van der Waals surface area contributed by atoms with Crippen molar-refractivity contribution in [1.82, 2.24) is 0 Å². The summed E-state index contributed by atoms with van der Waals surface area (Å²) < 4.78 is 17.2. The molecule has 0 unspecified atom stereocenters. The highest BCUT2D eigenvalue weighted by Crippen LogP contribution is 2.29. The Morgan fingerprint density at radius 1 is 0.966 bits per heavy atom. The maximum absolute atomic E-state index is 12.7. The summed E-state index contributed by atoms with van der Waals surface area (Å²) >= 11 is 9.39. The minimum absolute atomic E-state index is 0.0465. The fourth-order valence-corrected chi connectivity index (χ4v) is 3.24. The van der Waals surface area contributed by atoms with E-state index in [0.717, 1.165) is 0 Å². The van der Waals surface area contributed by atoms with E-state index in [1.807, 2.05) is 6.07 Å². The second-order valence-electron chi connectivity index (χ2n) is 5.99. The van der Waals surface area contributed by atoms with Crippen LogP contribution >= 0.6 is 27.5 Å². The Morgan fingerprint density at radius 3 is 2.52 bits per heavy atom. The van der Waals surface area contributed by atoms with Crippen LogP contribution in [0, 0.1) is 0 Å². The van der Waals surface area contributed by atoms with Gasteiger partial charge in [-0.05, 0) is 52.3 Å². The summed E-state index contributed by atoms with van der Waals surface area (Å²) in [5, 5.41) is 0.589. The van der Waals surface area contributed by atoms with Crippen LogP contribution < -0.4 is 14.9 Å². The van der Waals surface area contributed by atoms with Gasteiger partial charge in [0.05, 0.1) is 20.4 Å². The lowest BCUT2D eigenvalue weighted by molar-refractivity contribution is 0.0735. The smallest absolute Gasteiger partial charge is 0.345 e. The van der Waals surface area contributed by atoms with E-state index in [2.05, 4.69) is 15.9 Å². The summed E-state index contributed by atoms with van der Waals surface area (Å²) in [5.41, 5.74) is 0.165. The van der Waals surface area contributed by atoms with Crippen LogP contribution in [0.1, 0.15) is 10.4 Å². The van der Waals surface area contributed by atoms with Crippen molar-refractivity contribution >= 4 is 44.5 Å². The first-order valence-corrected chi connectivity index (χ1v) is 9.64.